The minimum absolute atomic E-state index is 0.113. The maximum absolute atomic E-state index is 12.2. The molecule has 3 rings (SSSR count). The van der Waals surface area contributed by atoms with Crippen LogP contribution in [0.15, 0.2) is 69.9 Å². The van der Waals surface area contributed by atoms with Crippen molar-refractivity contribution in [1.29, 1.82) is 0 Å². The topological polar surface area (TPSA) is 88.9 Å². The molecule has 0 aliphatic heterocycles. The minimum Gasteiger partial charge on any atom is -0.423 e. The molecule has 0 unspecified atom stereocenters. The minimum atomic E-state index is -0.574. The van der Waals surface area contributed by atoms with E-state index in [2.05, 4.69) is 5.32 Å². The molecular formula is C21H20N2O5. The Hall–Kier alpha value is -3.61. The number of hydrogen-bond acceptors (Lipinski definition) is 5. The van der Waals surface area contributed by atoms with Gasteiger partial charge in [-0.15, -0.1) is 0 Å². The van der Waals surface area contributed by atoms with Crippen LogP contribution >= 0.6 is 0 Å². The van der Waals surface area contributed by atoms with Gasteiger partial charge in [0.2, 0.25) is 5.91 Å². The van der Waals surface area contributed by atoms with Crippen molar-refractivity contribution in [2.24, 2.45) is 0 Å². The first-order valence-corrected chi connectivity index (χ1v) is 8.79. The first kappa shape index (κ1) is 19.2. The van der Waals surface area contributed by atoms with Gasteiger partial charge in [-0.1, -0.05) is 30.3 Å². The third-order valence-electron chi connectivity index (χ3n) is 4.09. The molecule has 1 aromatic heterocycles. The summed E-state index contributed by atoms with van der Waals surface area (Å²) >= 11 is 0. The van der Waals surface area contributed by atoms with Crippen molar-refractivity contribution in [3.63, 3.8) is 0 Å². The highest BCUT2D eigenvalue weighted by atomic mass is 16.6. The zero-order valence-electron chi connectivity index (χ0n) is 15.4. The van der Waals surface area contributed by atoms with Crippen LogP contribution in [0.2, 0.25) is 0 Å². The number of nitrogens with zero attached hydrogens (tertiary/aromatic N) is 1. The van der Waals surface area contributed by atoms with Crippen LogP contribution in [0.25, 0.3) is 11.0 Å². The van der Waals surface area contributed by atoms with E-state index >= 15 is 0 Å². The number of fused-ring (bicyclic) bond motifs is 1. The molecule has 7 heteroatoms. The van der Waals surface area contributed by atoms with Gasteiger partial charge in [-0.25, -0.2) is 9.59 Å². The highest BCUT2D eigenvalue weighted by Gasteiger charge is 2.12. The summed E-state index contributed by atoms with van der Waals surface area (Å²) in [6, 6.07) is 17.2. The number of carbonyl (C=O) groups is 2. The number of amides is 2. The van der Waals surface area contributed by atoms with E-state index in [-0.39, 0.29) is 18.1 Å². The Kier molecular flexibility index (Phi) is 6.06. The normalized spacial score (nSPS) is 10.5. The summed E-state index contributed by atoms with van der Waals surface area (Å²) in [7, 11) is 1.58. The number of ether oxygens (including phenoxy) is 1. The largest absolute Gasteiger partial charge is 0.423 e. The summed E-state index contributed by atoms with van der Waals surface area (Å²) < 4.78 is 10.4. The Morgan fingerprint density at radius 3 is 2.61 bits per heavy atom. The van der Waals surface area contributed by atoms with Gasteiger partial charge in [0.05, 0.1) is 6.42 Å². The first-order valence-electron chi connectivity index (χ1n) is 8.79. The van der Waals surface area contributed by atoms with Gasteiger partial charge in [-0.3, -0.25) is 4.79 Å². The zero-order chi connectivity index (χ0) is 19.9. The predicted octanol–water partition coefficient (Wildman–Crippen LogP) is 2.58. The quantitative estimate of drug-likeness (QED) is 0.664. The lowest BCUT2D eigenvalue weighted by Gasteiger charge is -2.17. The average Bonchev–Trinajstić information content (AvgIpc) is 2.68. The predicted molar refractivity (Wildman–Crippen MR) is 104 cm³/mol. The van der Waals surface area contributed by atoms with E-state index in [1.807, 2.05) is 30.3 Å². The third kappa shape index (κ3) is 5.20. The van der Waals surface area contributed by atoms with Gasteiger partial charge in [0, 0.05) is 37.7 Å². The van der Waals surface area contributed by atoms with Crippen LogP contribution in [0.1, 0.15) is 5.56 Å². The molecule has 2 amide bonds. The Morgan fingerprint density at radius 2 is 1.82 bits per heavy atom. The lowest BCUT2D eigenvalue weighted by atomic mass is 10.1. The second-order valence-electron chi connectivity index (χ2n) is 6.26. The van der Waals surface area contributed by atoms with Crippen molar-refractivity contribution in [1.82, 2.24) is 10.2 Å². The van der Waals surface area contributed by atoms with Crippen molar-refractivity contribution in [3.05, 3.63) is 76.6 Å². The maximum Gasteiger partial charge on any atom is 0.415 e. The Morgan fingerprint density at radius 1 is 1.07 bits per heavy atom. The SMILES string of the molecule is CN(CCNC(=O)Cc1ccccc1)C(=O)Oc1ccc2ccc(=O)oc2c1. The van der Waals surface area contributed by atoms with Gasteiger partial charge in [-0.2, -0.15) is 0 Å². The molecule has 0 spiro atoms. The molecule has 0 aliphatic rings. The summed E-state index contributed by atoms with van der Waals surface area (Å²) in [4.78, 5) is 36.8. The summed E-state index contributed by atoms with van der Waals surface area (Å²) in [5, 5.41) is 3.50. The molecule has 1 heterocycles. The van der Waals surface area contributed by atoms with E-state index < -0.39 is 11.7 Å². The number of nitrogens with one attached hydrogen (secondary N) is 1. The van der Waals surface area contributed by atoms with Crippen molar-refractivity contribution in [2.75, 3.05) is 20.1 Å². The molecule has 1 N–H and O–H groups in total. The van der Waals surface area contributed by atoms with E-state index in [4.69, 9.17) is 9.15 Å². The van der Waals surface area contributed by atoms with Crippen LogP contribution in [-0.4, -0.2) is 37.0 Å². The second-order valence-corrected chi connectivity index (χ2v) is 6.26. The molecule has 0 radical (unpaired) electrons. The lowest BCUT2D eigenvalue weighted by Crippen LogP contribution is -2.37. The van der Waals surface area contributed by atoms with Crippen LogP contribution < -0.4 is 15.7 Å². The van der Waals surface area contributed by atoms with Crippen molar-refractivity contribution in [3.8, 4) is 5.75 Å². The van der Waals surface area contributed by atoms with Crippen molar-refractivity contribution < 1.29 is 18.7 Å². The average molecular weight is 380 g/mol. The fraction of sp³-hybridized carbons (Fsp3) is 0.190. The zero-order valence-corrected chi connectivity index (χ0v) is 15.4. The highest BCUT2D eigenvalue weighted by molar-refractivity contribution is 5.80. The fourth-order valence-electron chi connectivity index (χ4n) is 2.58. The van der Waals surface area contributed by atoms with E-state index in [1.54, 1.807) is 25.2 Å². The van der Waals surface area contributed by atoms with Crippen LogP contribution in [0.3, 0.4) is 0 Å². The molecule has 0 saturated carbocycles. The van der Waals surface area contributed by atoms with Crippen molar-refractivity contribution in [2.45, 2.75) is 6.42 Å². The molecule has 144 valence electrons. The summed E-state index contributed by atoms with van der Waals surface area (Å²) in [6.07, 6.45) is -0.285. The summed E-state index contributed by atoms with van der Waals surface area (Å²) in [6.45, 7) is 0.603. The Labute approximate surface area is 161 Å². The number of hydrogen-bond donors (Lipinski definition) is 1. The first-order chi connectivity index (χ1) is 13.5. The van der Waals surface area contributed by atoms with E-state index in [0.29, 0.717) is 18.7 Å². The van der Waals surface area contributed by atoms with Crippen LogP contribution in [0, 0.1) is 0 Å². The smallest absolute Gasteiger partial charge is 0.415 e. The molecule has 0 atom stereocenters. The fourth-order valence-corrected chi connectivity index (χ4v) is 2.58. The number of likely N-dealkylation sites (N-methyl/N-ethyl adjacent to an activating group) is 1. The molecule has 0 fully saturated rings. The van der Waals surface area contributed by atoms with Gasteiger partial charge in [0.15, 0.2) is 0 Å². The molecule has 0 bridgehead atoms. The van der Waals surface area contributed by atoms with E-state index in [0.717, 1.165) is 10.9 Å². The summed E-state index contributed by atoms with van der Waals surface area (Å²) in [5.41, 5.74) is 0.795. The Bertz CT molecular complexity index is 1030. The molecule has 2 aromatic carbocycles. The number of rotatable bonds is 6. The van der Waals surface area contributed by atoms with Crippen LogP contribution in [0.4, 0.5) is 4.79 Å². The summed E-state index contributed by atoms with van der Waals surface area (Å²) in [5.74, 6) is 0.157. The van der Waals surface area contributed by atoms with E-state index in [9.17, 15) is 14.4 Å². The maximum atomic E-state index is 12.2. The second kappa shape index (κ2) is 8.85. The number of benzene rings is 2. The van der Waals surface area contributed by atoms with Gasteiger partial charge >= 0.3 is 11.7 Å². The van der Waals surface area contributed by atoms with Gasteiger partial charge in [0.1, 0.15) is 11.3 Å². The van der Waals surface area contributed by atoms with Gasteiger partial charge < -0.3 is 19.4 Å². The highest BCUT2D eigenvalue weighted by Crippen LogP contribution is 2.19. The van der Waals surface area contributed by atoms with Gasteiger partial charge in [-0.05, 0) is 23.8 Å². The molecular weight excluding hydrogens is 360 g/mol. The van der Waals surface area contributed by atoms with Crippen LogP contribution in [0.5, 0.6) is 5.75 Å². The molecule has 0 aliphatic carbocycles. The van der Waals surface area contributed by atoms with Crippen LogP contribution in [-0.2, 0) is 11.2 Å². The third-order valence-corrected chi connectivity index (χ3v) is 4.09. The molecule has 0 saturated heterocycles. The standard InChI is InChI=1S/C21H20N2O5/c1-23(12-11-22-19(24)13-15-5-3-2-4-6-15)21(26)27-17-9-7-16-8-10-20(25)28-18(16)14-17/h2-10,14H,11-13H2,1H3,(H,22,24). The monoisotopic (exact) mass is 380 g/mol. The van der Waals surface area contributed by atoms with E-state index in [1.165, 1.54) is 17.0 Å². The molecule has 3 aromatic rings. The Balaban J connectivity index is 1.48. The lowest BCUT2D eigenvalue weighted by molar-refractivity contribution is -0.120. The molecule has 7 nitrogen and oxygen atoms in total. The van der Waals surface area contributed by atoms with Crippen molar-refractivity contribution >= 4 is 23.0 Å². The molecule has 28 heavy (non-hydrogen) atoms. The number of carbonyl (C=O) groups excluding carboxylic acids is 2. The van der Waals surface area contributed by atoms with Gasteiger partial charge in [0.25, 0.3) is 0 Å².